The summed E-state index contributed by atoms with van der Waals surface area (Å²) in [6, 6.07) is 6.17. The number of aryl methyl sites for hydroxylation is 2. The minimum atomic E-state index is -1.02. The third kappa shape index (κ3) is 2.38. The lowest BCUT2D eigenvalue weighted by Gasteiger charge is -2.15. The predicted molar refractivity (Wildman–Crippen MR) is 74.2 cm³/mol. The molecule has 0 aliphatic heterocycles. The molecule has 1 aromatic heterocycles. The van der Waals surface area contributed by atoms with Crippen molar-refractivity contribution in [1.82, 2.24) is 9.97 Å². The Morgan fingerprint density at radius 3 is 2.63 bits per heavy atom. The van der Waals surface area contributed by atoms with Gasteiger partial charge >= 0.3 is 5.97 Å². The van der Waals surface area contributed by atoms with Crippen molar-refractivity contribution in [3.8, 4) is 11.3 Å². The summed E-state index contributed by atoms with van der Waals surface area (Å²) in [6.45, 7) is 7.33. The number of carboxylic acid groups (broad SMARTS) is 1. The quantitative estimate of drug-likeness (QED) is 0.889. The third-order valence-electron chi connectivity index (χ3n) is 3.39. The van der Waals surface area contributed by atoms with E-state index in [4.69, 9.17) is 0 Å². The number of aromatic amines is 1. The van der Waals surface area contributed by atoms with Crippen molar-refractivity contribution in [2.24, 2.45) is 0 Å². The van der Waals surface area contributed by atoms with Crippen molar-refractivity contribution >= 4 is 5.97 Å². The van der Waals surface area contributed by atoms with Gasteiger partial charge in [0.1, 0.15) is 11.2 Å². The molecular formula is C15H18N2O2. The predicted octanol–water partition coefficient (Wildman–Crippen LogP) is 3.06. The molecule has 2 N–H and O–H groups in total. The summed E-state index contributed by atoms with van der Waals surface area (Å²) in [5.41, 5.74) is 3.18. The summed E-state index contributed by atoms with van der Waals surface area (Å²) < 4.78 is 0. The molecular weight excluding hydrogens is 240 g/mol. The van der Waals surface area contributed by atoms with Gasteiger partial charge < -0.3 is 10.1 Å². The topological polar surface area (TPSA) is 66.0 Å². The lowest BCUT2D eigenvalue weighted by atomic mass is 9.93. The number of carbonyl (C=O) groups is 1. The molecule has 0 aliphatic carbocycles. The lowest BCUT2D eigenvalue weighted by molar-refractivity contribution is -0.142. The second kappa shape index (κ2) is 4.53. The molecule has 1 aromatic carbocycles. The van der Waals surface area contributed by atoms with Gasteiger partial charge in [0.05, 0.1) is 11.9 Å². The van der Waals surface area contributed by atoms with Crippen molar-refractivity contribution in [3.63, 3.8) is 0 Å². The van der Waals surface area contributed by atoms with E-state index in [0.717, 1.165) is 22.4 Å². The normalized spacial score (nSPS) is 11.6. The number of benzene rings is 1. The van der Waals surface area contributed by atoms with Gasteiger partial charge in [0.25, 0.3) is 0 Å². The van der Waals surface area contributed by atoms with Gasteiger partial charge in [-0.2, -0.15) is 0 Å². The Hall–Kier alpha value is -2.10. The molecule has 0 unspecified atom stereocenters. The molecule has 100 valence electrons. The van der Waals surface area contributed by atoms with E-state index >= 15 is 0 Å². The fourth-order valence-corrected chi connectivity index (χ4v) is 1.90. The summed E-state index contributed by atoms with van der Waals surface area (Å²) >= 11 is 0. The van der Waals surface area contributed by atoms with E-state index in [-0.39, 0.29) is 0 Å². The average Bonchev–Trinajstić information content (AvgIpc) is 2.82. The number of imidazole rings is 1. The molecule has 1 heterocycles. The highest BCUT2D eigenvalue weighted by molar-refractivity contribution is 5.79. The first-order valence-electron chi connectivity index (χ1n) is 6.19. The Labute approximate surface area is 112 Å². The van der Waals surface area contributed by atoms with Crippen LogP contribution in [0.1, 0.15) is 30.8 Å². The fraction of sp³-hybridized carbons (Fsp3) is 0.333. The van der Waals surface area contributed by atoms with E-state index in [2.05, 4.69) is 22.1 Å². The molecule has 0 atom stereocenters. The summed E-state index contributed by atoms with van der Waals surface area (Å²) in [5.74, 6) is -0.426. The SMILES string of the molecule is Cc1ccc(C)c(-c2cnc(C(C)(C)C(=O)O)[nH]2)c1. The van der Waals surface area contributed by atoms with Crippen LogP contribution in [0.3, 0.4) is 0 Å². The second-order valence-electron chi connectivity index (χ2n) is 5.39. The molecule has 0 saturated heterocycles. The molecule has 4 nitrogen and oxygen atoms in total. The Kier molecular flexibility index (Phi) is 3.18. The zero-order chi connectivity index (χ0) is 14.2. The maximum absolute atomic E-state index is 11.2. The molecule has 0 amide bonds. The average molecular weight is 258 g/mol. The summed E-state index contributed by atoms with van der Waals surface area (Å²) in [5, 5.41) is 9.21. The van der Waals surface area contributed by atoms with Gasteiger partial charge in [0.15, 0.2) is 0 Å². The molecule has 0 aliphatic rings. The minimum absolute atomic E-state index is 0.468. The molecule has 2 aromatic rings. The van der Waals surface area contributed by atoms with Gasteiger partial charge in [-0.3, -0.25) is 4.79 Å². The van der Waals surface area contributed by atoms with E-state index in [1.165, 1.54) is 0 Å². The molecule has 4 heteroatoms. The van der Waals surface area contributed by atoms with Crippen LogP contribution in [-0.2, 0) is 10.2 Å². The van der Waals surface area contributed by atoms with E-state index in [1.54, 1.807) is 20.0 Å². The van der Waals surface area contributed by atoms with E-state index in [9.17, 15) is 9.90 Å². The van der Waals surface area contributed by atoms with Gasteiger partial charge in [0.2, 0.25) is 0 Å². The van der Waals surface area contributed by atoms with E-state index in [0.29, 0.717) is 5.82 Å². The van der Waals surface area contributed by atoms with Crippen molar-refractivity contribution < 1.29 is 9.90 Å². The molecule has 19 heavy (non-hydrogen) atoms. The first-order chi connectivity index (χ1) is 8.82. The van der Waals surface area contributed by atoms with Crippen LogP contribution in [-0.4, -0.2) is 21.0 Å². The van der Waals surface area contributed by atoms with Crippen molar-refractivity contribution in [3.05, 3.63) is 41.3 Å². The van der Waals surface area contributed by atoms with Gasteiger partial charge in [-0.15, -0.1) is 0 Å². The maximum atomic E-state index is 11.2. The van der Waals surface area contributed by atoms with Crippen LogP contribution >= 0.6 is 0 Å². The fourth-order valence-electron chi connectivity index (χ4n) is 1.90. The molecule has 2 rings (SSSR count). The van der Waals surface area contributed by atoms with E-state index in [1.807, 2.05) is 19.9 Å². The van der Waals surface area contributed by atoms with Crippen LogP contribution in [0.2, 0.25) is 0 Å². The molecule has 0 spiro atoms. The number of rotatable bonds is 3. The van der Waals surface area contributed by atoms with Crippen LogP contribution in [0.25, 0.3) is 11.3 Å². The zero-order valence-electron chi connectivity index (χ0n) is 11.6. The third-order valence-corrected chi connectivity index (χ3v) is 3.39. The largest absolute Gasteiger partial charge is 0.481 e. The van der Waals surface area contributed by atoms with Crippen molar-refractivity contribution in [2.75, 3.05) is 0 Å². The first kappa shape index (κ1) is 13.3. The number of hydrogen-bond donors (Lipinski definition) is 2. The van der Waals surface area contributed by atoms with Gasteiger partial charge in [0, 0.05) is 5.56 Å². The number of H-pyrrole nitrogens is 1. The van der Waals surface area contributed by atoms with Crippen molar-refractivity contribution in [1.29, 1.82) is 0 Å². The summed E-state index contributed by atoms with van der Waals surface area (Å²) in [6.07, 6.45) is 1.70. The van der Waals surface area contributed by atoms with Gasteiger partial charge in [-0.1, -0.05) is 17.7 Å². The Morgan fingerprint density at radius 1 is 1.32 bits per heavy atom. The molecule has 0 radical (unpaired) electrons. The summed E-state index contributed by atoms with van der Waals surface area (Å²) in [7, 11) is 0. The van der Waals surface area contributed by atoms with Crippen molar-refractivity contribution in [2.45, 2.75) is 33.1 Å². The van der Waals surface area contributed by atoms with Crippen LogP contribution in [0.4, 0.5) is 0 Å². The van der Waals surface area contributed by atoms with Crippen LogP contribution < -0.4 is 0 Å². The number of aromatic nitrogens is 2. The Morgan fingerprint density at radius 2 is 2.00 bits per heavy atom. The lowest BCUT2D eigenvalue weighted by Crippen LogP contribution is -2.29. The highest BCUT2D eigenvalue weighted by Crippen LogP contribution is 2.27. The molecule has 0 bridgehead atoms. The van der Waals surface area contributed by atoms with E-state index < -0.39 is 11.4 Å². The van der Waals surface area contributed by atoms with Crippen LogP contribution in [0.5, 0.6) is 0 Å². The monoisotopic (exact) mass is 258 g/mol. The van der Waals surface area contributed by atoms with Crippen LogP contribution in [0, 0.1) is 13.8 Å². The molecule has 0 saturated carbocycles. The Balaban J connectivity index is 2.47. The highest BCUT2D eigenvalue weighted by atomic mass is 16.4. The second-order valence-corrected chi connectivity index (χ2v) is 5.39. The smallest absolute Gasteiger partial charge is 0.316 e. The van der Waals surface area contributed by atoms with Gasteiger partial charge in [-0.05, 0) is 39.3 Å². The minimum Gasteiger partial charge on any atom is -0.481 e. The maximum Gasteiger partial charge on any atom is 0.316 e. The zero-order valence-corrected chi connectivity index (χ0v) is 11.6. The standard InChI is InChI=1S/C15H18N2O2/c1-9-5-6-10(2)11(7-9)12-8-16-13(17-12)15(3,4)14(18)19/h5-8H,1-4H3,(H,16,17)(H,18,19). The molecule has 0 fully saturated rings. The number of nitrogens with zero attached hydrogens (tertiary/aromatic N) is 1. The first-order valence-corrected chi connectivity index (χ1v) is 6.19. The highest BCUT2D eigenvalue weighted by Gasteiger charge is 2.32. The summed E-state index contributed by atoms with van der Waals surface area (Å²) in [4.78, 5) is 18.6. The number of aliphatic carboxylic acids is 1. The van der Waals surface area contributed by atoms with Crippen LogP contribution in [0.15, 0.2) is 24.4 Å². The number of hydrogen-bond acceptors (Lipinski definition) is 2. The van der Waals surface area contributed by atoms with Gasteiger partial charge in [-0.25, -0.2) is 4.98 Å². The Bertz CT molecular complexity index is 627. The number of carboxylic acids is 1. The number of nitrogens with one attached hydrogen (secondary N) is 1.